The number of amides is 1. The van der Waals surface area contributed by atoms with Crippen molar-refractivity contribution in [2.45, 2.75) is 25.4 Å². The Hall–Kier alpha value is -1.59. The van der Waals surface area contributed by atoms with Crippen LogP contribution in [0.15, 0.2) is 24.3 Å². The van der Waals surface area contributed by atoms with Gasteiger partial charge in [0.2, 0.25) is 5.91 Å². The SMILES string of the molecule is O=C(C[C@@H](C(=O)O)[C@@H]1CCCO1)Nc1ccc(Cl)cc1. The Morgan fingerprint density at radius 2 is 2.10 bits per heavy atom. The van der Waals surface area contributed by atoms with Crippen LogP contribution >= 0.6 is 11.6 Å². The van der Waals surface area contributed by atoms with Crippen molar-refractivity contribution in [3.63, 3.8) is 0 Å². The van der Waals surface area contributed by atoms with E-state index in [0.717, 1.165) is 6.42 Å². The molecule has 0 aromatic heterocycles. The van der Waals surface area contributed by atoms with Gasteiger partial charge in [-0.2, -0.15) is 0 Å². The van der Waals surface area contributed by atoms with Crippen molar-refractivity contribution >= 4 is 29.2 Å². The molecule has 1 fully saturated rings. The Kier molecular flexibility index (Phi) is 4.98. The fraction of sp³-hybridized carbons (Fsp3) is 0.429. The molecule has 0 saturated carbocycles. The van der Waals surface area contributed by atoms with Crippen LogP contribution in [0.3, 0.4) is 0 Å². The fourth-order valence-corrected chi connectivity index (χ4v) is 2.37. The van der Waals surface area contributed by atoms with Gasteiger partial charge in [-0.3, -0.25) is 9.59 Å². The number of benzene rings is 1. The van der Waals surface area contributed by atoms with Gasteiger partial charge in [0, 0.05) is 23.7 Å². The Balaban J connectivity index is 1.94. The van der Waals surface area contributed by atoms with Gasteiger partial charge in [-0.1, -0.05) is 11.6 Å². The number of anilines is 1. The van der Waals surface area contributed by atoms with Crippen molar-refractivity contribution in [1.82, 2.24) is 0 Å². The van der Waals surface area contributed by atoms with Crippen molar-refractivity contribution < 1.29 is 19.4 Å². The smallest absolute Gasteiger partial charge is 0.309 e. The third-order valence-electron chi connectivity index (χ3n) is 3.26. The number of carbonyl (C=O) groups excluding carboxylic acids is 1. The van der Waals surface area contributed by atoms with Crippen LogP contribution < -0.4 is 5.32 Å². The van der Waals surface area contributed by atoms with Gasteiger partial charge in [-0.25, -0.2) is 0 Å². The number of rotatable bonds is 5. The second kappa shape index (κ2) is 6.72. The zero-order valence-electron chi connectivity index (χ0n) is 10.8. The second-order valence-electron chi connectivity index (χ2n) is 4.76. The number of halogens is 1. The Morgan fingerprint density at radius 3 is 2.65 bits per heavy atom. The number of hydrogen-bond acceptors (Lipinski definition) is 3. The van der Waals surface area contributed by atoms with Crippen LogP contribution in [0, 0.1) is 5.92 Å². The van der Waals surface area contributed by atoms with E-state index >= 15 is 0 Å². The molecule has 5 nitrogen and oxygen atoms in total. The van der Waals surface area contributed by atoms with E-state index in [2.05, 4.69) is 5.32 Å². The summed E-state index contributed by atoms with van der Waals surface area (Å²) in [4.78, 5) is 23.1. The number of hydrogen-bond donors (Lipinski definition) is 2. The minimum Gasteiger partial charge on any atom is -0.481 e. The minimum absolute atomic E-state index is 0.0946. The molecular formula is C14H16ClNO4. The molecule has 0 bridgehead atoms. The highest BCUT2D eigenvalue weighted by Crippen LogP contribution is 2.24. The first kappa shape index (κ1) is 14.8. The van der Waals surface area contributed by atoms with Crippen molar-refractivity contribution in [2.24, 2.45) is 5.92 Å². The molecule has 1 amide bonds. The molecule has 2 rings (SSSR count). The summed E-state index contributed by atoms with van der Waals surface area (Å²) in [6.07, 6.45) is 1.06. The lowest BCUT2D eigenvalue weighted by molar-refractivity contribution is -0.148. The first-order valence-corrected chi connectivity index (χ1v) is 6.84. The van der Waals surface area contributed by atoms with E-state index in [1.165, 1.54) is 0 Å². The lowest BCUT2D eigenvalue weighted by atomic mass is 9.96. The number of carboxylic acids is 1. The van der Waals surface area contributed by atoms with E-state index in [1.54, 1.807) is 24.3 Å². The van der Waals surface area contributed by atoms with Crippen LogP contribution in [0.2, 0.25) is 5.02 Å². The summed E-state index contributed by atoms with van der Waals surface area (Å²) in [5.74, 6) is -2.14. The van der Waals surface area contributed by atoms with E-state index in [9.17, 15) is 14.7 Å². The largest absolute Gasteiger partial charge is 0.481 e. The molecule has 0 aliphatic carbocycles. The van der Waals surface area contributed by atoms with Gasteiger partial charge in [0.1, 0.15) is 0 Å². The number of carboxylic acid groups (broad SMARTS) is 1. The van der Waals surface area contributed by atoms with Crippen molar-refractivity contribution in [1.29, 1.82) is 0 Å². The van der Waals surface area contributed by atoms with E-state index in [0.29, 0.717) is 23.7 Å². The molecule has 0 unspecified atom stereocenters. The number of carbonyl (C=O) groups is 2. The molecule has 2 atom stereocenters. The molecule has 0 spiro atoms. The molecular weight excluding hydrogens is 282 g/mol. The van der Waals surface area contributed by atoms with Gasteiger partial charge < -0.3 is 15.2 Å². The van der Waals surface area contributed by atoms with Crippen LogP contribution in [0.4, 0.5) is 5.69 Å². The average Bonchev–Trinajstić information content (AvgIpc) is 2.92. The summed E-state index contributed by atoms with van der Waals surface area (Å²) in [5, 5.41) is 12.4. The normalized spacial score (nSPS) is 19.6. The lowest BCUT2D eigenvalue weighted by Crippen LogP contribution is -2.31. The average molecular weight is 298 g/mol. The van der Waals surface area contributed by atoms with Gasteiger partial charge >= 0.3 is 5.97 Å². The summed E-state index contributed by atoms with van der Waals surface area (Å²) in [6, 6.07) is 6.65. The van der Waals surface area contributed by atoms with Gasteiger partial charge in [0.05, 0.1) is 12.0 Å². The van der Waals surface area contributed by atoms with Crippen LogP contribution in [-0.2, 0) is 14.3 Å². The highest BCUT2D eigenvalue weighted by atomic mass is 35.5. The van der Waals surface area contributed by atoms with Crippen LogP contribution in [0.1, 0.15) is 19.3 Å². The molecule has 1 aromatic carbocycles. The summed E-state index contributed by atoms with van der Waals surface area (Å²) in [6.45, 7) is 0.563. The highest BCUT2D eigenvalue weighted by molar-refractivity contribution is 6.30. The molecule has 2 N–H and O–H groups in total. The standard InChI is InChI=1S/C14H16ClNO4/c15-9-3-5-10(6-4-9)16-13(17)8-11(14(18)19)12-2-1-7-20-12/h3-6,11-12H,1-2,7-8H2,(H,16,17)(H,18,19)/t11-,12+/m1/s1. The Bertz CT molecular complexity index is 482. The summed E-state index contributed by atoms with van der Waals surface area (Å²) in [5.41, 5.74) is 0.593. The Morgan fingerprint density at radius 1 is 1.40 bits per heavy atom. The predicted octanol–water partition coefficient (Wildman–Crippen LogP) is 2.55. The van der Waals surface area contributed by atoms with Crippen molar-refractivity contribution in [3.8, 4) is 0 Å². The topological polar surface area (TPSA) is 75.6 Å². The quantitative estimate of drug-likeness (QED) is 0.876. The highest BCUT2D eigenvalue weighted by Gasteiger charge is 2.33. The van der Waals surface area contributed by atoms with Gasteiger partial charge in [-0.15, -0.1) is 0 Å². The molecule has 6 heteroatoms. The molecule has 20 heavy (non-hydrogen) atoms. The molecule has 1 heterocycles. The third kappa shape index (κ3) is 3.95. The van der Waals surface area contributed by atoms with E-state index in [-0.39, 0.29) is 18.4 Å². The zero-order valence-corrected chi connectivity index (χ0v) is 11.6. The first-order chi connectivity index (χ1) is 9.56. The first-order valence-electron chi connectivity index (χ1n) is 6.46. The van der Waals surface area contributed by atoms with Crippen molar-refractivity contribution in [2.75, 3.05) is 11.9 Å². The maximum Gasteiger partial charge on any atom is 0.309 e. The van der Waals surface area contributed by atoms with Gasteiger partial charge in [0.15, 0.2) is 0 Å². The number of nitrogens with one attached hydrogen (secondary N) is 1. The van der Waals surface area contributed by atoms with E-state index < -0.39 is 11.9 Å². The zero-order chi connectivity index (χ0) is 14.5. The van der Waals surface area contributed by atoms with Crippen molar-refractivity contribution in [3.05, 3.63) is 29.3 Å². The minimum atomic E-state index is -0.997. The monoisotopic (exact) mass is 297 g/mol. The van der Waals surface area contributed by atoms with E-state index in [1.807, 2.05) is 0 Å². The molecule has 1 saturated heterocycles. The molecule has 1 aliphatic rings. The number of ether oxygens (including phenoxy) is 1. The molecule has 108 valence electrons. The molecule has 0 radical (unpaired) electrons. The second-order valence-corrected chi connectivity index (χ2v) is 5.19. The molecule has 1 aromatic rings. The maximum absolute atomic E-state index is 11.9. The molecule has 1 aliphatic heterocycles. The fourth-order valence-electron chi connectivity index (χ4n) is 2.24. The lowest BCUT2D eigenvalue weighted by Gasteiger charge is -2.18. The van der Waals surface area contributed by atoms with Crippen LogP contribution in [0.5, 0.6) is 0 Å². The van der Waals surface area contributed by atoms with E-state index in [4.69, 9.17) is 16.3 Å². The predicted molar refractivity (Wildman–Crippen MR) is 74.8 cm³/mol. The Labute approximate surface area is 121 Å². The summed E-state index contributed by atoms with van der Waals surface area (Å²) < 4.78 is 5.36. The summed E-state index contributed by atoms with van der Waals surface area (Å²) >= 11 is 5.75. The third-order valence-corrected chi connectivity index (χ3v) is 3.52. The van der Waals surface area contributed by atoms with Crippen LogP contribution in [0.25, 0.3) is 0 Å². The maximum atomic E-state index is 11.9. The van der Waals surface area contributed by atoms with Gasteiger partial charge in [0.25, 0.3) is 0 Å². The number of aliphatic carboxylic acids is 1. The van der Waals surface area contributed by atoms with Crippen LogP contribution in [-0.4, -0.2) is 29.7 Å². The van der Waals surface area contributed by atoms with Gasteiger partial charge in [-0.05, 0) is 37.1 Å². The summed E-state index contributed by atoms with van der Waals surface area (Å²) in [7, 11) is 0.